The number of hydrogen-bond donors (Lipinski definition) is 2. The smallest absolute Gasteiger partial charge is 0.237 e. The van der Waals surface area contributed by atoms with E-state index in [1.165, 1.54) is 17.7 Å². The molecule has 2 aromatic carbocycles. The molecule has 0 radical (unpaired) electrons. The fourth-order valence-electron chi connectivity index (χ4n) is 2.87. The average Bonchev–Trinajstić information content (AvgIpc) is 3.15. The van der Waals surface area contributed by atoms with Crippen molar-refractivity contribution >= 4 is 30.7 Å². The van der Waals surface area contributed by atoms with Crippen LogP contribution in [0.4, 0.5) is 4.39 Å². The first-order valence-electron chi connectivity index (χ1n) is 9.49. The minimum Gasteiger partial charge on any atom is -0.489 e. The van der Waals surface area contributed by atoms with E-state index >= 15 is 0 Å². The van der Waals surface area contributed by atoms with Crippen molar-refractivity contribution in [1.82, 2.24) is 14.9 Å². The van der Waals surface area contributed by atoms with Crippen LogP contribution in [0.2, 0.25) is 0 Å². The Hall–Kier alpha value is -2.61. The number of carbonyl (C=O) groups excluding carboxylic acids is 1. The summed E-state index contributed by atoms with van der Waals surface area (Å²) < 4.78 is 20.5. The summed E-state index contributed by atoms with van der Waals surface area (Å²) in [5.74, 6) is -0.0472. The van der Waals surface area contributed by atoms with Gasteiger partial charge in [-0.25, -0.2) is 9.37 Å². The summed E-state index contributed by atoms with van der Waals surface area (Å²) in [5.41, 5.74) is 7.96. The van der Waals surface area contributed by atoms with Crippen molar-refractivity contribution in [2.75, 3.05) is 6.54 Å². The van der Waals surface area contributed by atoms with Gasteiger partial charge in [-0.2, -0.15) is 0 Å². The number of rotatable bonds is 9. The molecule has 1 aromatic heterocycles. The lowest BCUT2D eigenvalue weighted by atomic mass is 10.1. The zero-order valence-corrected chi connectivity index (χ0v) is 18.7. The molecular formula is C22H27Cl2FN4O2. The number of nitrogens with one attached hydrogen (secondary N) is 1. The van der Waals surface area contributed by atoms with E-state index in [0.717, 1.165) is 5.69 Å². The Morgan fingerprint density at radius 2 is 1.84 bits per heavy atom. The van der Waals surface area contributed by atoms with Gasteiger partial charge in [-0.15, -0.1) is 24.8 Å². The van der Waals surface area contributed by atoms with E-state index in [0.29, 0.717) is 25.3 Å². The van der Waals surface area contributed by atoms with Crippen LogP contribution in [-0.4, -0.2) is 34.1 Å². The maximum atomic E-state index is 12.9. The summed E-state index contributed by atoms with van der Waals surface area (Å²) >= 11 is 0. The topological polar surface area (TPSA) is 82.2 Å². The molecule has 1 unspecified atom stereocenters. The van der Waals surface area contributed by atoms with E-state index < -0.39 is 6.04 Å². The van der Waals surface area contributed by atoms with Crippen molar-refractivity contribution < 1.29 is 13.9 Å². The zero-order valence-electron chi connectivity index (χ0n) is 17.1. The molecule has 0 aliphatic rings. The zero-order chi connectivity index (χ0) is 20.6. The summed E-state index contributed by atoms with van der Waals surface area (Å²) in [6.07, 6.45) is 3.72. The molecule has 0 spiro atoms. The standard InChI is InChI=1S/C22H25FN4O2.2ClH/c1-16(29-20-9-7-18(23)8-10-20)12-25-22(28)21(24)11-19-14-27(15-26-19)13-17-5-3-2-4-6-17;;/h2-10,14-16,21H,11-13,24H2,1H3,(H,25,28);2*1H/t16?,21-;;/m0../s1. The van der Waals surface area contributed by atoms with Gasteiger partial charge in [0.05, 0.1) is 24.6 Å². The molecule has 0 saturated carbocycles. The van der Waals surface area contributed by atoms with Gasteiger partial charge in [0.25, 0.3) is 0 Å². The van der Waals surface area contributed by atoms with Crippen LogP contribution in [0.1, 0.15) is 18.2 Å². The number of imidazole rings is 1. The van der Waals surface area contributed by atoms with Crippen LogP contribution in [0.15, 0.2) is 67.1 Å². The summed E-state index contributed by atoms with van der Waals surface area (Å²) in [6, 6.07) is 15.1. The highest BCUT2D eigenvalue weighted by Gasteiger charge is 2.16. The number of ether oxygens (including phenoxy) is 1. The molecule has 31 heavy (non-hydrogen) atoms. The molecule has 0 fully saturated rings. The van der Waals surface area contributed by atoms with Crippen molar-refractivity contribution in [3.05, 3.63) is 84.2 Å². The third kappa shape index (κ3) is 8.57. The van der Waals surface area contributed by atoms with E-state index in [9.17, 15) is 9.18 Å². The third-order valence-corrected chi connectivity index (χ3v) is 4.38. The van der Waals surface area contributed by atoms with Crippen LogP contribution in [0.3, 0.4) is 0 Å². The van der Waals surface area contributed by atoms with Crippen LogP contribution >= 0.6 is 24.8 Å². The Balaban J connectivity index is 0.00000240. The largest absolute Gasteiger partial charge is 0.489 e. The number of amides is 1. The van der Waals surface area contributed by atoms with Gasteiger partial charge in [0, 0.05) is 19.2 Å². The Morgan fingerprint density at radius 3 is 2.52 bits per heavy atom. The second-order valence-corrected chi connectivity index (χ2v) is 6.96. The minimum absolute atomic E-state index is 0. The van der Waals surface area contributed by atoms with Gasteiger partial charge in [-0.05, 0) is 36.8 Å². The minimum atomic E-state index is -0.701. The Bertz CT molecular complexity index is 923. The number of aromatic nitrogens is 2. The molecule has 0 bridgehead atoms. The molecule has 3 aromatic rings. The van der Waals surface area contributed by atoms with E-state index in [-0.39, 0.29) is 42.6 Å². The van der Waals surface area contributed by atoms with Gasteiger partial charge < -0.3 is 20.4 Å². The van der Waals surface area contributed by atoms with Crippen molar-refractivity contribution in [3.8, 4) is 5.75 Å². The number of hydrogen-bond acceptors (Lipinski definition) is 4. The highest BCUT2D eigenvalue weighted by Crippen LogP contribution is 2.12. The van der Waals surface area contributed by atoms with E-state index in [4.69, 9.17) is 10.5 Å². The van der Waals surface area contributed by atoms with Crippen molar-refractivity contribution in [2.24, 2.45) is 5.73 Å². The van der Waals surface area contributed by atoms with Crippen LogP contribution < -0.4 is 15.8 Å². The van der Waals surface area contributed by atoms with Crippen molar-refractivity contribution in [2.45, 2.75) is 32.0 Å². The Labute approximate surface area is 193 Å². The van der Waals surface area contributed by atoms with Crippen molar-refractivity contribution in [1.29, 1.82) is 0 Å². The quantitative estimate of drug-likeness (QED) is 0.504. The van der Waals surface area contributed by atoms with Crippen LogP contribution in [0.5, 0.6) is 5.75 Å². The van der Waals surface area contributed by atoms with Gasteiger partial charge >= 0.3 is 0 Å². The molecule has 3 rings (SSSR count). The maximum Gasteiger partial charge on any atom is 0.237 e. The molecule has 0 saturated heterocycles. The second kappa shape index (κ2) is 12.9. The number of benzene rings is 2. The SMILES string of the molecule is CC(CNC(=O)[C@@H](N)Cc1cn(Cc2ccccc2)cn1)Oc1ccc(F)cc1.Cl.Cl. The Kier molecular flexibility index (Phi) is 11.0. The second-order valence-electron chi connectivity index (χ2n) is 6.96. The highest BCUT2D eigenvalue weighted by molar-refractivity contribution is 5.85. The molecule has 168 valence electrons. The predicted molar refractivity (Wildman–Crippen MR) is 123 cm³/mol. The normalized spacial score (nSPS) is 12.1. The lowest BCUT2D eigenvalue weighted by molar-refractivity contribution is -0.122. The average molecular weight is 469 g/mol. The summed E-state index contributed by atoms with van der Waals surface area (Å²) in [6.45, 7) is 2.83. The van der Waals surface area contributed by atoms with Crippen molar-refractivity contribution in [3.63, 3.8) is 0 Å². The first-order valence-corrected chi connectivity index (χ1v) is 9.49. The lowest BCUT2D eigenvalue weighted by Gasteiger charge is -2.17. The van der Waals surface area contributed by atoms with E-state index in [2.05, 4.69) is 10.3 Å². The molecule has 2 atom stereocenters. The Morgan fingerprint density at radius 1 is 1.16 bits per heavy atom. The molecule has 1 amide bonds. The fraction of sp³-hybridized carbons (Fsp3) is 0.273. The maximum absolute atomic E-state index is 12.9. The molecular weight excluding hydrogens is 442 g/mol. The van der Waals surface area contributed by atoms with Gasteiger partial charge in [0.2, 0.25) is 5.91 Å². The first kappa shape index (κ1) is 26.4. The lowest BCUT2D eigenvalue weighted by Crippen LogP contribution is -2.45. The first-order chi connectivity index (χ1) is 14.0. The van der Waals surface area contributed by atoms with Crippen LogP contribution in [0, 0.1) is 5.82 Å². The number of nitrogens with zero attached hydrogens (tertiary/aromatic N) is 2. The van der Waals surface area contributed by atoms with E-state index in [1.54, 1.807) is 18.5 Å². The van der Waals surface area contributed by atoms with Gasteiger partial charge in [-0.3, -0.25) is 4.79 Å². The number of nitrogens with two attached hydrogens (primary N) is 1. The molecule has 1 heterocycles. The predicted octanol–water partition coefficient (Wildman–Crippen LogP) is 3.37. The summed E-state index contributed by atoms with van der Waals surface area (Å²) in [5, 5.41) is 2.78. The monoisotopic (exact) mass is 468 g/mol. The van der Waals surface area contributed by atoms with Gasteiger partial charge in [0.1, 0.15) is 17.7 Å². The summed E-state index contributed by atoms with van der Waals surface area (Å²) in [7, 11) is 0. The molecule has 9 heteroatoms. The third-order valence-electron chi connectivity index (χ3n) is 4.38. The molecule has 3 N–H and O–H groups in total. The molecule has 0 aliphatic carbocycles. The summed E-state index contributed by atoms with van der Waals surface area (Å²) in [4.78, 5) is 16.6. The highest BCUT2D eigenvalue weighted by atomic mass is 35.5. The van der Waals surface area contributed by atoms with E-state index in [1.807, 2.05) is 48.0 Å². The number of halogens is 3. The fourth-order valence-corrected chi connectivity index (χ4v) is 2.87. The molecule has 0 aliphatic heterocycles. The number of carbonyl (C=O) groups is 1. The van der Waals surface area contributed by atoms with Crippen LogP contribution in [-0.2, 0) is 17.8 Å². The van der Waals surface area contributed by atoms with Gasteiger partial charge in [-0.1, -0.05) is 30.3 Å². The van der Waals surface area contributed by atoms with Gasteiger partial charge in [0.15, 0.2) is 0 Å². The van der Waals surface area contributed by atoms with Crippen LogP contribution in [0.25, 0.3) is 0 Å². The molecule has 6 nitrogen and oxygen atoms in total.